The molecule has 3 nitrogen and oxygen atoms in total. The zero-order valence-corrected chi connectivity index (χ0v) is 27.8. The molecule has 10 aromatic rings. The minimum absolute atomic E-state index is 0.711. The van der Waals surface area contributed by atoms with E-state index in [1.165, 1.54) is 42.1 Å². The highest BCUT2D eigenvalue weighted by molar-refractivity contribution is 7.26. The molecule has 7 aromatic carbocycles. The van der Waals surface area contributed by atoms with Crippen LogP contribution in [0.4, 0.5) is 0 Å². The van der Waals surface area contributed by atoms with Gasteiger partial charge in [-0.3, -0.25) is 0 Å². The number of fused-ring (bicyclic) bond motifs is 6. The summed E-state index contributed by atoms with van der Waals surface area (Å²) in [6.07, 6.45) is 0. The molecule has 0 saturated heterocycles. The van der Waals surface area contributed by atoms with Gasteiger partial charge in [-0.25, -0.2) is 9.97 Å². The average molecular weight is 656 g/mol. The number of benzene rings is 7. The van der Waals surface area contributed by atoms with Crippen molar-refractivity contribution in [2.45, 2.75) is 0 Å². The zero-order valence-electron chi connectivity index (χ0n) is 27.0. The molecule has 0 N–H and O–H groups in total. The summed E-state index contributed by atoms with van der Waals surface area (Å²) in [7, 11) is 0. The first-order valence-corrected chi connectivity index (χ1v) is 17.7. The number of thiophene rings is 1. The van der Waals surface area contributed by atoms with Gasteiger partial charge in [0.25, 0.3) is 0 Å². The Bertz CT molecular complexity index is 2800. The smallest absolute Gasteiger partial charge is 0.163 e. The Morgan fingerprint density at radius 2 is 0.900 bits per heavy atom. The van der Waals surface area contributed by atoms with Crippen LogP contribution in [-0.2, 0) is 0 Å². The standard InChI is InChI=1S/C46H29N3S/c1-3-13-30(14-4-1)31-23-25-33(26-24-31)39-29-38(32-15-5-2-6-16-32)47-46(48-39)44-42(28-27-37-36-19-9-12-22-43(36)50-45(37)44)49-40-20-10-7-17-34(40)35-18-8-11-21-41(35)49/h1-29H. The molecule has 0 saturated carbocycles. The quantitative estimate of drug-likeness (QED) is 0.185. The molecule has 0 amide bonds. The first kappa shape index (κ1) is 28.6. The molecule has 0 atom stereocenters. The largest absolute Gasteiger partial charge is 0.308 e. The van der Waals surface area contributed by atoms with E-state index in [2.05, 4.69) is 174 Å². The molecule has 234 valence electrons. The first-order valence-electron chi connectivity index (χ1n) is 16.8. The highest BCUT2D eigenvalue weighted by Crippen LogP contribution is 2.45. The number of rotatable bonds is 5. The van der Waals surface area contributed by atoms with E-state index in [9.17, 15) is 0 Å². The van der Waals surface area contributed by atoms with Crippen LogP contribution in [0.5, 0.6) is 0 Å². The summed E-state index contributed by atoms with van der Waals surface area (Å²) < 4.78 is 4.83. The van der Waals surface area contributed by atoms with E-state index in [-0.39, 0.29) is 0 Å². The fourth-order valence-corrected chi connectivity index (χ4v) is 8.53. The van der Waals surface area contributed by atoms with Crippen LogP contribution < -0.4 is 0 Å². The summed E-state index contributed by atoms with van der Waals surface area (Å²) in [6.45, 7) is 0. The predicted molar refractivity (Wildman–Crippen MR) is 211 cm³/mol. The van der Waals surface area contributed by atoms with Crippen LogP contribution >= 0.6 is 11.3 Å². The maximum absolute atomic E-state index is 5.44. The lowest BCUT2D eigenvalue weighted by molar-refractivity contribution is 1.15. The van der Waals surface area contributed by atoms with E-state index in [4.69, 9.17) is 9.97 Å². The SMILES string of the molecule is c1ccc(-c2ccc(-c3cc(-c4ccccc4)nc(-c4c(-n5c6ccccc6c6ccccc65)ccc5c4sc4ccccc45)n3)cc2)cc1. The number of nitrogens with zero attached hydrogens (tertiary/aromatic N) is 3. The molecular weight excluding hydrogens is 627 g/mol. The number of para-hydroxylation sites is 2. The molecule has 50 heavy (non-hydrogen) atoms. The van der Waals surface area contributed by atoms with Crippen molar-refractivity contribution in [2.75, 3.05) is 0 Å². The average Bonchev–Trinajstić information content (AvgIpc) is 3.74. The number of hydrogen-bond acceptors (Lipinski definition) is 3. The second-order valence-electron chi connectivity index (χ2n) is 12.6. The van der Waals surface area contributed by atoms with Gasteiger partial charge in [0.05, 0.1) is 33.7 Å². The van der Waals surface area contributed by atoms with Crippen molar-refractivity contribution in [1.29, 1.82) is 0 Å². The maximum Gasteiger partial charge on any atom is 0.163 e. The zero-order chi connectivity index (χ0) is 33.0. The van der Waals surface area contributed by atoms with Crippen molar-refractivity contribution < 1.29 is 0 Å². The summed E-state index contributed by atoms with van der Waals surface area (Å²) in [4.78, 5) is 10.8. The molecule has 0 spiro atoms. The second kappa shape index (κ2) is 11.7. The van der Waals surface area contributed by atoms with Crippen LogP contribution in [0, 0.1) is 0 Å². The lowest BCUT2D eigenvalue weighted by Crippen LogP contribution is -2.02. The molecule has 3 aromatic heterocycles. The van der Waals surface area contributed by atoms with Gasteiger partial charge in [-0.05, 0) is 41.5 Å². The van der Waals surface area contributed by atoms with Crippen LogP contribution in [0.25, 0.3) is 92.7 Å². The first-order chi connectivity index (χ1) is 24.8. The fraction of sp³-hybridized carbons (Fsp3) is 0. The molecule has 0 unspecified atom stereocenters. The lowest BCUT2D eigenvalue weighted by Gasteiger charge is -2.16. The maximum atomic E-state index is 5.44. The van der Waals surface area contributed by atoms with Crippen molar-refractivity contribution >= 4 is 53.3 Å². The van der Waals surface area contributed by atoms with Gasteiger partial charge < -0.3 is 4.57 Å². The monoisotopic (exact) mass is 655 g/mol. The molecule has 3 heterocycles. The molecule has 0 radical (unpaired) electrons. The van der Waals surface area contributed by atoms with Gasteiger partial charge in [-0.2, -0.15) is 0 Å². The Labute approximate surface area is 293 Å². The molecule has 0 aliphatic heterocycles. The summed E-state index contributed by atoms with van der Waals surface area (Å²) in [5.41, 5.74) is 10.7. The molecule has 0 aliphatic rings. The van der Waals surface area contributed by atoms with Crippen molar-refractivity contribution in [3.05, 3.63) is 176 Å². The molecular formula is C46H29N3S. The molecule has 10 rings (SSSR count). The van der Waals surface area contributed by atoms with Gasteiger partial charge in [-0.1, -0.05) is 146 Å². The van der Waals surface area contributed by atoms with Crippen LogP contribution in [-0.4, -0.2) is 14.5 Å². The van der Waals surface area contributed by atoms with E-state index < -0.39 is 0 Å². The molecule has 4 heteroatoms. The second-order valence-corrected chi connectivity index (χ2v) is 13.6. The Morgan fingerprint density at radius 3 is 1.56 bits per heavy atom. The minimum Gasteiger partial charge on any atom is -0.308 e. The van der Waals surface area contributed by atoms with E-state index in [0.717, 1.165) is 44.8 Å². The predicted octanol–water partition coefficient (Wildman–Crippen LogP) is 12.6. The van der Waals surface area contributed by atoms with Crippen LogP contribution in [0.1, 0.15) is 0 Å². The molecule has 0 bridgehead atoms. The Kier molecular flexibility index (Phi) is 6.68. The van der Waals surface area contributed by atoms with Gasteiger partial charge in [0.1, 0.15) is 0 Å². The molecule has 0 aliphatic carbocycles. The minimum atomic E-state index is 0.711. The highest BCUT2D eigenvalue weighted by Gasteiger charge is 2.22. The Balaban J connectivity index is 1.28. The van der Waals surface area contributed by atoms with Crippen molar-refractivity contribution in [1.82, 2.24) is 14.5 Å². The van der Waals surface area contributed by atoms with Gasteiger partial charge >= 0.3 is 0 Å². The van der Waals surface area contributed by atoms with Crippen molar-refractivity contribution in [3.63, 3.8) is 0 Å². The van der Waals surface area contributed by atoms with E-state index in [1.807, 2.05) is 17.4 Å². The van der Waals surface area contributed by atoms with Crippen LogP contribution in [0.15, 0.2) is 176 Å². The number of aromatic nitrogens is 3. The summed E-state index contributed by atoms with van der Waals surface area (Å²) in [6, 6.07) is 62.4. The summed E-state index contributed by atoms with van der Waals surface area (Å²) in [5, 5.41) is 4.92. The van der Waals surface area contributed by atoms with E-state index in [0.29, 0.717) is 5.82 Å². The lowest BCUT2D eigenvalue weighted by atomic mass is 10.0. The summed E-state index contributed by atoms with van der Waals surface area (Å²) >= 11 is 1.81. The third-order valence-corrected chi connectivity index (χ3v) is 10.9. The van der Waals surface area contributed by atoms with Crippen LogP contribution in [0.2, 0.25) is 0 Å². The van der Waals surface area contributed by atoms with Gasteiger partial charge in [0, 0.05) is 42.1 Å². The Hall–Kier alpha value is -6.36. The van der Waals surface area contributed by atoms with Gasteiger partial charge in [0.15, 0.2) is 5.82 Å². The van der Waals surface area contributed by atoms with Crippen molar-refractivity contribution in [3.8, 4) is 50.7 Å². The van der Waals surface area contributed by atoms with Gasteiger partial charge in [-0.15, -0.1) is 11.3 Å². The number of hydrogen-bond donors (Lipinski definition) is 0. The van der Waals surface area contributed by atoms with Crippen molar-refractivity contribution in [2.24, 2.45) is 0 Å². The fourth-order valence-electron chi connectivity index (χ4n) is 7.29. The third kappa shape index (κ3) is 4.65. The van der Waals surface area contributed by atoms with Gasteiger partial charge in [0.2, 0.25) is 0 Å². The van der Waals surface area contributed by atoms with Crippen LogP contribution in [0.3, 0.4) is 0 Å². The topological polar surface area (TPSA) is 30.7 Å². The van der Waals surface area contributed by atoms with E-state index in [1.54, 1.807) is 0 Å². The Morgan fingerprint density at radius 1 is 0.400 bits per heavy atom. The molecule has 0 fully saturated rings. The summed E-state index contributed by atoms with van der Waals surface area (Å²) in [5.74, 6) is 0.711. The van der Waals surface area contributed by atoms with E-state index >= 15 is 0 Å². The third-order valence-electron chi connectivity index (χ3n) is 9.65. The highest BCUT2D eigenvalue weighted by atomic mass is 32.1. The normalized spacial score (nSPS) is 11.6.